The minimum absolute atomic E-state index is 0.0751. The van der Waals surface area contributed by atoms with Crippen molar-refractivity contribution in [2.24, 2.45) is 0 Å². The number of thioether (sulfide) groups is 1. The molecule has 2 aromatic rings. The van der Waals surface area contributed by atoms with Crippen LogP contribution in [0.2, 0.25) is 0 Å². The Labute approximate surface area is 140 Å². The molecule has 0 fully saturated rings. The quantitative estimate of drug-likeness (QED) is 0.774. The van der Waals surface area contributed by atoms with Gasteiger partial charge in [0.2, 0.25) is 5.91 Å². The predicted octanol–water partition coefficient (Wildman–Crippen LogP) is 2.24. The maximum Gasteiger partial charge on any atom is 0.230 e. The zero-order valence-corrected chi connectivity index (χ0v) is 14.2. The largest absolute Gasteiger partial charge is 0.391 e. The third kappa shape index (κ3) is 5.73. The normalized spacial score (nSPS) is 12.1. The zero-order chi connectivity index (χ0) is 16.7. The Morgan fingerprint density at radius 1 is 1.35 bits per heavy atom. The lowest BCUT2D eigenvalue weighted by Crippen LogP contribution is -2.34. The van der Waals surface area contributed by atoms with Crippen molar-refractivity contribution < 1.29 is 14.4 Å². The van der Waals surface area contributed by atoms with Gasteiger partial charge in [0.05, 0.1) is 17.6 Å². The molecule has 2 rings (SSSR count). The summed E-state index contributed by atoms with van der Waals surface area (Å²) in [6, 6.07) is 9.74. The molecule has 0 saturated carbocycles. The van der Waals surface area contributed by atoms with Gasteiger partial charge in [0, 0.05) is 24.3 Å². The Bertz CT molecular complexity index is 609. The molecule has 23 heavy (non-hydrogen) atoms. The van der Waals surface area contributed by atoms with Crippen LogP contribution in [0.15, 0.2) is 34.9 Å². The molecule has 1 heterocycles. The van der Waals surface area contributed by atoms with E-state index in [-0.39, 0.29) is 12.5 Å². The predicted molar refractivity (Wildman–Crippen MR) is 91.3 cm³/mol. The third-order valence-electron chi connectivity index (χ3n) is 3.51. The molecular formula is C17H22N2O3S. The molecule has 0 aliphatic rings. The van der Waals surface area contributed by atoms with Crippen LogP contribution in [0.25, 0.3) is 0 Å². The van der Waals surface area contributed by atoms with Gasteiger partial charge in [-0.05, 0) is 19.4 Å². The van der Waals surface area contributed by atoms with E-state index in [2.05, 4.69) is 10.5 Å². The molecule has 0 bridgehead atoms. The van der Waals surface area contributed by atoms with Crippen molar-refractivity contribution in [1.29, 1.82) is 0 Å². The number of aromatic nitrogens is 1. The first-order valence-corrected chi connectivity index (χ1v) is 8.70. The zero-order valence-electron chi connectivity index (χ0n) is 13.4. The van der Waals surface area contributed by atoms with Gasteiger partial charge < -0.3 is 14.9 Å². The van der Waals surface area contributed by atoms with Crippen LogP contribution in [0.1, 0.15) is 22.6 Å². The Morgan fingerprint density at radius 3 is 2.74 bits per heavy atom. The molecule has 5 nitrogen and oxygen atoms in total. The number of rotatable bonds is 8. The van der Waals surface area contributed by atoms with Gasteiger partial charge in [-0.3, -0.25) is 4.79 Å². The first-order chi connectivity index (χ1) is 11.1. The molecule has 0 saturated heterocycles. The summed E-state index contributed by atoms with van der Waals surface area (Å²) in [7, 11) is 0. The van der Waals surface area contributed by atoms with Crippen molar-refractivity contribution in [1.82, 2.24) is 10.5 Å². The highest BCUT2D eigenvalue weighted by Crippen LogP contribution is 2.19. The second-order valence-electron chi connectivity index (χ2n) is 5.44. The van der Waals surface area contributed by atoms with E-state index in [9.17, 15) is 9.90 Å². The first kappa shape index (κ1) is 17.6. The smallest absolute Gasteiger partial charge is 0.230 e. The van der Waals surface area contributed by atoms with E-state index in [4.69, 9.17) is 4.52 Å². The summed E-state index contributed by atoms with van der Waals surface area (Å²) in [6.45, 7) is 4.03. The van der Waals surface area contributed by atoms with Crippen LogP contribution in [-0.4, -0.2) is 34.6 Å². The molecule has 1 unspecified atom stereocenters. The number of aryl methyl sites for hydroxylation is 2. The topological polar surface area (TPSA) is 75.4 Å². The van der Waals surface area contributed by atoms with Gasteiger partial charge in [-0.2, -0.15) is 0 Å². The van der Waals surface area contributed by atoms with Crippen molar-refractivity contribution in [3.8, 4) is 0 Å². The maximum absolute atomic E-state index is 11.8. The minimum atomic E-state index is -0.575. The van der Waals surface area contributed by atoms with Crippen LogP contribution in [0.4, 0.5) is 0 Å². The molecule has 124 valence electrons. The van der Waals surface area contributed by atoms with Crippen LogP contribution in [0.5, 0.6) is 0 Å². The standard InChI is InChI=1S/C17H22N2O3S/c1-12-16(13(2)22-19-12)10-23-11-17(21)18-9-15(20)8-14-6-4-3-5-7-14/h3-7,15,20H,8-11H2,1-2H3,(H,18,21). The van der Waals surface area contributed by atoms with Gasteiger partial charge in [0.15, 0.2) is 0 Å². The summed E-state index contributed by atoms with van der Waals surface area (Å²) in [5, 5.41) is 16.6. The number of aliphatic hydroxyl groups is 1. The van der Waals surface area contributed by atoms with Crippen molar-refractivity contribution >= 4 is 17.7 Å². The highest BCUT2D eigenvalue weighted by atomic mass is 32.2. The van der Waals surface area contributed by atoms with Crippen LogP contribution in [-0.2, 0) is 17.0 Å². The minimum Gasteiger partial charge on any atom is -0.391 e. The molecule has 0 spiro atoms. The summed E-state index contributed by atoms with van der Waals surface area (Å²) < 4.78 is 5.09. The van der Waals surface area contributed by atoms with Crippen molar-refractivity contribution in [3.63, 3.8) is 0 Å². The molecule has 0 aliphatic carbocycles. The number of benzene rings is 1. The van der Waals surface area contributed by atoms with Gasteiger partial charge in [-0.15, -0.1) is 11.8 Å². The summed E-state index contributed by atoms with van der Waals surface area (Å²) in [5.74, 6) is 1.77. The van der Waals surface area contributed by atoms with Gasteiger partial charge in [0.1, 0.15) is 5.76 Å². The summed E-state index contributed by atoms with van der Waals surface area (Å²) in [4.78, 5) is 11.8. The molecule has 1 aromatic carbocycles. The molecule has 0 aliphatic heterocycles. The number of aliphatic hydroxyl groups excluding tert-OH is 1. The first-order valence-electron chi connectivity index (χ1n) is 7.54. The summed E-state index contributed by atoms with van der Waals surface area (Å²) in [5.41, 5.74) is 2.97. The van der Waals surface area contributed by atoms with Gasteiger partial charge >= 0.3 is 0 Å². The lowest BCUT2D eigenvalue weighted by molar-refractivity contribution is -0.119. The molecule has 0 radical (unpaired) electrons. The van der Waals surface area contributed by atoms with Crippen LogP contribution < -0.4 is 5.32 Å². The van der Waals surface area contributed by atoms with E-state index < -0.39 is 6.10 Å². The molecule has 6 heteroatoms. The molecule has 1 amide bonds. The second-order valence-corrected chi connectivity index (χ2v) is 6.43. The highest BCUT2D eigenvalue weighted by Gasteiger charge is 2.11. The van der Waals surface area contributed by atoms with Crippen LogP contribution >= 0.6 is 11.8 Å². The summed E-state index contributed by atoms with van der Waals surface area (Å²) >= 11 is 1.51. The van der Waals surface area contributed by atoms with Crippen LogP contribution in [0.3, 0.4) is 0 Å². The molecular weight excluding hydrogens is 312 g/mol. The monoisotopic (exact) mass is 334 g/mol. The molecule has 2 N–H and O–H groups in total. The van der Waals surface area contributed by atoms with Gasteiger partial charge in [0.25, 0.3) is 0 Å². The molecule has 1 atom stereocenters. The van der Waals surface area contributed by atoms with E-state index in [1.807, 2.05) is 44.2 Å². The van der Waals surface area contributed by atoms with Gasteiger partial charge in [-0.1, -0.05) is 35.5 Å². The summed E-state index contributed by atoms with van der Waals surface area (Å²) in [6.07, 6.45) is -0.0400. The van der Waals surface area contributed by atoms with Crippen molar-refractivity contribution in [2.45, 2.75) is 32.1 Å². The van der Waals surface area contributed by atoms with E-state index in [0.29, 0.717) is 17.9 Å². The second kappa shape index (κ2) is 8.74. The number of nitrogens with zero attached hydrogens (tertiary/aromatic N) is 1. The Hall–Kier alpha value is -1.79. The number of carbonyl (C=O) groups excluding carboxylic acids is 1. The lowest BCUT2D eigenvalue weighted by Gasteiger charge is -2.12. The number of hydrogen-bond acceptors (Lipinski definition) is 5. The SMILES string of the molecule is Cc1noc(C)c1CSCC(=O)NCC(O)Cc1ccccc1. The fourth-order valence-corrected chi connectivity index (χ4v) is 3.20. The average molecular weight is 334 g/mol. The Kier molecular flexibility index (Phi) is 6.67. The highest BCUT2D eigenvalue weighted by molar-refractivity contribution is 7.99. The lowest BCUT2D eigenvalue weighted by atomic mass is 10.1. The molecule has 1 aromatic heterocycles. The maximum atomic E-state index is 11.8. The number of hydrogen-bond donors (Lipinski definition) is 2. The van der Waals surface area contributed by atoms with Crippen molar-refractivity contribution in [2.75, 3.05) is 12.3 Å². The van der Waals surface area contributed by atoms with Gasteiger partial charge in [-0.25, -0.2) is 0 Å². The third-order valence-corrected chi connectivity index (χ3v) is 4.47. The average Bonchev–Trinajstić information content (AvgIpc) is 2.86. The van der Waals surface area contributed by atoms with Crippen LogP contribution in [0, 0.1) is 13.8 Å². The van der Waals surface area contributed by atoms with Crippen molar-refractivity contribution in [3.05, 3.63) is 52.9 Å². The Morgan fingerprint density at radius 2 is 2.09 bits per heavy atom. The number of carbonyl (C=O) groups is 1. The fraction of sp³-hybridized carbons (Fsp3) is 0.412. The van der Waals surface area contributed by atoms with E-state index in [1.165, 1.54) is 11.8 Å². The van der Waals surface area contributed by atoms with E-state index in [1.54, 1.807) is 0 Å². The van der Waals surface area contributed by atoms with E-state index >= 15 is 0 Å². The number of amides is 1. The fourth-order valence-electron chi connectivity index (χ4n) is 2.19. The Balaban J connectivity index is 1.65. The number of nitrogens with one attached hydrogen (secondary N) is 1. The van der Waals surface area contributed by atoms with E-state index in [0.717, 1.165) is 22.6 Å².